The van der Waals surface area contributed by atoms with Gasteiger partial charge in [0, 0.05) is 12.1 Å². The molecule has 2 N–H and O–H groups in total. The van der Waals surface area contributed by atoms with Gasteiger partial charge >= 0.3 is 0 Å². The number of nitro benzene ring substituents is 1. The second kappa shape index (κ2) is 6.83. The molecule has 0 bridgehead atoms. The number of ether oxygens (including phenoxy) is 1. The lowest BCUT2D eigenvalue weighted by Crippen LogP contribution is -2.53. The van der Waals surface area contributed by atoms with Gasteiger partial charge in [0.05, 0.1) is 29.9 Å². The van der Waals surface area contributed by atoms with E-state index in [1.54, 1.807) is 6.07 Å². The van der Waals surface area contributed by atoms with Crippen molar-refractivity contribution >= 4 is 11.4 Å². The number of rotatable bonds is 4. The first-order valence-corrected chi connectivity index (χ1v) is 9.14. The van der Waals surface area contributed by atoms with Gasteiger partial charge in [-0.05, 0) is 49.0 Å². The summed E-state index contributed by atoms with van der Waals surface area (Å²) in [4.78, 5) is 10.5. The molecule has 1 aromatic carbocycles. The summed E-state index contributed by atoms with van der Waals surface area (Å²) in [6.07, 6.45) is 4.92. The van der Waals surface area contributed by atoms with Gasteiger partial charge in [0.2, 0.25) is 0 Å². The van der Waals surface area contributed by atoms with Crippen LogP contribution in [0.5, 0.6) is 5.75 Å². The molecule has 0 aromatic heterocycles. The Morgan fingerprint density at radius 3 is 2.80 bits per heavy atom. The summed E-state index contributed by atoms with van der Waals surface area (Å²) >= 11 is 0. The number of non-ortho nitro benzene ring substituents is 1. The van der Waals surface area contributed by atoms with Gasteiger partial charge in [-0.1, -0.05) is 20.3 Å². The average Bonchev–Trinajstić information content (AvgIpc) is 2.59. The molecule has 2 fully saturated rings. The Morgan fingerprint density at radius 1 is 1.36 bits per heavy atom. The van der Waals surface area contributed by atoms with Gasteiger partial charge in [0.15, 0.2) is 0 Å². The second-order valence-electron chi connectivity index (χ2n) is 7.85. The zero-order chi connectivity index (χ0) is 18.2. The molecule has 5 atom stereocenters. The summed E-state index contributed by atoms with van der Waals surface area (Å²) in [5.41, 5.74) is 0.835. The van der Waals surface area contributed by atoms with Crippen molar-refractivity contribution in [2.45, 2.75) is 58.1 Å². The quantitative estimate of drug-likeness (QED) is 0.635. The van der Waals surface area contributed by atoms with Crippen molar-refractivity contribution < 1.29 is 14.8 Å². The molecule has 0 spiro atoms. The van der Waals surface area contributed by atoms with Crippen LogP contribution >= 0.6 is 0 Å². The highest BCUT2D eigenvalue weighted by Gasteiger charge is 2.50. The van der Waals surface area contributed by atoms with E-state index in [0.717, 1.165) is 37.8 Å². The number of methoxy groups -OCH3 is 1. The number of anilines is 1. The third-order valence-corrected chi connectivity index (χ3v) is 6.60. The molecule has 0 amide bonds. The van der Waals surface area contributed by atoms with Crippen LogP contribution < -0.4 is 10.1 Å². The molecule has 0 heterocycles. The van der Waals surface area contributed by atoms with Gasteiger partial charge < -0.3 is 15.2 Å². The first kappa shape index (κ1) is 18.0. The lowest BCUT2D eigenvalue weighted by Gasteiger charge is -2.54. The van der Waals surface area contributed by atoms with E-state index < -0.39 is 4.92 Å². The molecule has 6 nitrogen and oxygen atoms in total. The van der Waals surface area contributed by atoms with Gasteiger partial charge in [-0.3, -0.25) is 10.1 Å². The molecule has 6 heteroatoms. The van der Waals surface area contributed by atoms with Crippen LogP contribution in [0.3, 0.4) is 0 Å². The number of benzene rings is 1. The Bertz CT molecular complexity index is 650. The third kappa shape index (κ3) is 3.19. The highest BCUT2D eigenvalue weighted by atomic mass is 16.6. The van der Waals surface area contributed by atoms with Crippen LogP contribution in [0.15, 0.2) is 18.2 Å². The van der Waals surface area contributed by atoms with Crippen LogP contribution in [-0.4, -0.2) is 29.3 Å². The van der Waals surface area contributed by atoms with E-state index in [2.05, 4.69) is 19.2 Å². The van der Waals surface area contributed by atoms with E-state index in [4.69, 9.17) is 4.74 Å². The lowest BCUT2D eigenvalue weighted by molar-refractivity contribution is -0.384. The fourth-order valence-corrected chi connectivity index (χ4v) is 4.98. The standard InChI is InChI=1S/C19H28N2O4/c1-12-14-5-4-6-18(22)19(14,2)10-9-15(12)20-16-8-7-13(21(23)24)11-17(16)25-3/h7-8,11-12,14-15,18,20,22H,4-6,9-10H2,1-3H3/t12?,14?,15?,18-,19-/m0/s1. The van der Waals surface area contributed by atoms with Crippen molar-refractivity contribution in [1.82, 2.24) is 0 Å². The first-order valence-electron chi connectivity index (χ1n) is 9.14. The van der Waals surface area contributed by atoms with Crippen molar-refractivity contribution in [3.63, 3.8) is 0 Å². The number of nitro groups is 1. The topological polar surface area (TPSA) is 84.6 Å². The largest absolute Gasteiger partial charge is 0.494 e. The highest BCUT2D eigenvalue weighted by molar-refractivity contribution is 5.61. The fourth-order valence-electron chi connectivity index (χ4n) is 4.98. The number of hydrogen-bond acceptors (Lipinski definition) is 5. The van der Waals surface area contributed by atoms with Crippen molar-refractivity contribution in [3.05, 3.63) is 28.3 Å². The minimum absolute atomic E-state index is 0.00933. The molecule has 3 rings (SSSR count). The Balaban J connectivity index is 1.79. The molecule has 25 heavy (non-hydrogen) atoms. The number of fused-ring (bicyclic) bond motifs is 1. The first-order chi connectivity index (χ1) is 11.9. The minimum atomic E-state index is -0.412. The summed E-state index contributed by atoms with van der Waals surface area (Å²) in [5.74, 6) is 1.42. The molecular weight excluding hydrogens is 320 g/mol. The van der Waals surface area contributed by atoms with E-state index in [0.29, 0.717) is 17.6 Å². The number of aliphatic hydroxyl groups excluding tert-OH is 1. The maximum Gasteiger partial charge on any atom is 0.273 e. The van der Waals surface area contributed by atoms with Gasteiger partial charge in [0.1, 0.15) is 5.75 Å². The van der Waals surface area contributed by atoms with Gasteiger partial charge in [-0.25, -0.2) is 0 Å². The molecule has 3 unspecified atom stereocenters. The number of hydrogen-bond donors (Lipinski definition) is 2. The van der Waals surface area contributed by atoms with Crippen LogP contribution in [-0.2, 0) is 0 Å². The van der Waals surface area contributed by atoms with Gasteiger partial charge in [-0.15, -0.1) is 0 Å². The number of aliphatic hydroxyl groups is 1. The van der Waals surface area contributed by atoms with Gasteiger partial charge in [0.25, 0.3) is 5.69 Å². The maximum atomic E-state index is 11.0. The van der Waals surface area contributed by atoms with Crippen molar-refractivity contribution in [2.24, 2.45) is 17.3 Å². The van der Waals surface area contributed by atoms with Crippen LogP contribution in [0.25, 0.3) is 0 Å². The molecule has 0 saturated heterocycles. The van der Waals surface area contributed by atoms with Crippen LogP contribution in [0.2, 0.25) is 0 Å². The van der Waals surface area contributed by atoms with E-state index >= 15 is 0 Å². The van der Waals surface area contributed by atoms with E-state index in [1.165, 1.54) is 19.2 Å². The molecule has 138 valence electrons. The molecule has 0 radical (unpaired) electrons. The zero-order valence-electron chi connectivity index (χ0n) is 15.2. The zero-order valence-corrected chi connectivity index (χ0v) is 15.2. The number of nitrogens with zero attached hydrogens (tertiary/aromatic N) is 1. The van der Waals surface area contributed by atoms with Gasteiger partial charge in [-0.2, -0.15) is 0 Å². The average molecular weight is 348 g/mol. The van der Waals surface area contributed by atoms with Crippen LogP contribution in [0.1, 0.15) is 46.0 Å². The summed E-state index contributed by atoms with van der Waals surface area (Å²) in [7, 11) is 1.53. The second-order valence-corrected chi connectivity index (χ2v) is 7.85. The highest BCUT2D eigenvalue weighted by Crippen LogP contribution is 2.53. The molecule has 0 aliphatic heterocycles. The molecule has 2 saturated carbocycles. The third-order valence-electron chi connectivity index (χ3n) is 6.60. The normalized spacial score (nSPS) is 34.9. The predicted octanol–water partition coefficient (Wildman–Crippen LogP) is 3.98. The van der Waals surface area contributed by atoms with E-state index in [1.807, 2.05) is 0 Å². The molecular formula is C19H28N2O4. The Morgan fingerprint density at radius 2 is 2.12 bits per heavy atom. The summed E-state index contributed by atoms with van der Waals surface area (Å²) in [6.45, 7) is 4.50. The monoisotopic (exact) mass is 348 g/mol. The Hall–Kier alpha value is -1.82. The maximum absolute atomic E-state index is 11.0. The number of nitrogens with one attached hydrogen (secondary N) is 1. The lowest BCUT2D eigenvalue weighted by atomic mass is 9.54. The van der Waals surface area contributed by atoms with E-state index in [9.17, 15) is 15.2 Å². The summed E-state index contributed by atoms with van der Waals surface area (Å²) in [5, 5.41) is 25.0. The Labute approximate surface area is 148 Å². The SMILES string of the molecule is COc1cc([N+](=O)[O-])ccc1NC1CC[C@@]2(C)C(CCC[C@@H]2O)C1C. The Kier molecular flexibility index (Phi) is 4.91. The smallest absolute Gasteiger partial charge is 0.273 e. The van der Waals surface area contributed by atoms with Crippen molar-refractivity contribution in [2.75, 3.05) is 12.4 Å². The predicted molar refractivity (Wildman–Crippen MR) is 96.9 cm³/mol. The summed E-state index contributed by atoms with van der Waals surface area (Å²) < 4.78 is 5.35. The van der Waals surface area contributed by atoms with E-state index in [-0.39, 0.29) is 23.2 Å². The molecule has 2 aliphatic carbocycles. The summed E-state index contributed by atoms with van der Waals surface area (Å²) in [6, 6.07) is 4.98. The molecule has 2 aliphatic rings. The van der Waals surface area contributed by atoms with Crippen molar-refractivity contribution in [1.29, 1.82) is 0 Å². The fraction of sp³-hybridized carbons (Fsp3) is 0.684. The van der Waals surface area contributed by atoms with Crippen molar-refractivity contribution in [3.8, 4) is 5.75 Å². The molecule has 1 aromatic rings. The minimum Gasteiger partial charge on any atom is -0.494 e. The van der Waals surface area contributed by atoms with Crippen LogP contribution in [0.4, 0.5) is 11.4 Å². The van der Waals surface area contributed by atoms with Crippen LogP contribution in [0, 0.1) is 27.4 Å².